The molecule has 2 N–H and O–H groups in total. The van der Waals surface area contributed by atoms with E-state index in [1.807, 2.05) is 0 Å². The molecule has 0 aromatic heterocycles. The average molecular weight is 255 g/mol. The Labute approximate surface area is 116 Å². The molecule has 0 amide bonds. The highest BCUT2D eigenvalue weighted by molar-refractivity contribution is 4.82. The summed E-state index contributed by atoms with van der Waals surface area (Å²) in [7, 11) is 0. The minimum Gasteiger partial charge on any atom is -0.325 e. The van der Waals surface area contributed by atoms with Crippen LogP contribution in [-0.2, 0) is 0 Å². The first-order valence-corrected chi connectivity index (χ1v) is 8.47. The van der Waals surface area contributed by atoms with Crippen LogP contribution in [-0.4, -0.2) is 5.54 Å². The van der Waals surface area contributed by atoms with Crippen molar-refractivity contribution in [3.63, 3.8) is 0 Å². The van der Waals surface area contributed by atoms with Crippen molar-refractivity contribution in [3.8, 4) is 0 Å². The van der Waals surface area contributed by atoms with Crippen molar-refractivity contribution in [2.45, 2.75) is 110 Å². The smallest absolute Gasteiger partial charge is 0.0154 e. The second kappa shape index (κ2) is 12.0. The Hall–Kier alpha value is -0.0400. The number of hydrogen-bond acceptors (Lipinski definition) is 1. The fourth-order valence-corrected chi connectivity index (χ4v) is 2.98. The van der Waals surface area contributed by atoms with Crippen molar-refractivity contribution in [2.75, 3.05) is 0 Å². The number of nitrogens with two attached hydrogens (primary N) is 1. The van der Waals surface area contributed by atoms with Crippen LogP contribution in [0.1, 0.15) is 104 Å². The van der Waals surface area contributed by atoms with Gasteiger partial charge in [-0.05, 0) is 19.3 Å². The van der Waals surface area contributed by atoms with Crippen molar-refractivity contribution >= 4 is 0 Å². The minimum absolute atomic E-state index is 0.145. The first kappa shape index (κ1) is 18.0. The van der Waals surface area contributed by atoms with E-state index in [1.54, 1.807) is 0 Å². The van der Waals surface area contributed by atoms with Gasteiger partial charge in [0.25, 0.3) is 0 Å². The average Bonchev–Trinajstić information content (AvgIpc) is 2.33. The molecule has 0 aliphatic rings. The molecular weight excluding hydrogens is 218 g/mol. The summed E-state index contributed by atoms with van der Waals surface area (Å²) in [5.41, 5.74) is 6.64. The molecule has 18 heavy (non-hydrogen) atoms. The summed E-state index contributed by atoms with van der Waals surface area (Å²) < 4.78 is 0. The van der Waals surface area contributed by atoms with Crippen LogP contribution in [0, 0.1) is 0 Å². The summed E-state index contributed by atoms with van der Waals surface area (Å²) >= 11 is 0. The van der Waals surface area contributed by atoms with E-state index < -0.39 is 0 Å². The van der Waals surface area contributed by atoms with Gasteiger partial charge in [-0.2, -0.15) is 0 Å². The van der Waals surface area contributed by atoms with E-state index in [4.69, 9.17) is 5.73 Å². The van der Waals surface area contributed by atoms with Crippen LogP contribution in [0.3, 0.4) is 0 Å². The molecule has 0 spiro atoms. The van der Waals surface area contributed by atoms with Gasteiger partial charge >= 0.3 is 0 Å². The van der Waals surface area contributed by atoms with Crippen molar-refractivity contribution < 1.29 is 0 Å². The number of unbranched alkanes of at least 4 members (excludes halogenated alkanes) is 7. The maximum atomic E-state index is 6.50. The van der Waals surface area contributed by atoms with E-state index in [9.17, 15) is 0 Å². The highest BCUT2D eigenvalue weighted by Crippen LogP contribution is 2.23. The molecule has 0 rings (SSSR count). The Balaban J connectivity index is 3.49. The molecule has 0 radical (unpaired) electrons. The van der Waals surface area contributed by atoms with E-state index in [2.05, 4.69) is 20.8 Å². The lowest BCUT2D eigenvalue weighted by Crippen LogP contribution is -2.39. The minimum atomic E-state index is 0.145. The van der Waals surface area contributed by atoms with E-state index in [0.29, 0.717) is 0 Å². The van der Waals surface area contributed by atoms with Crippen LogP contribution in [0.2, 0.25) is 0 Å². The van der Waals surface area contributed by atoms with Gasteiger partial charge in [-0.25, -0.2) is 0 Å². The van der Waals surface area contributed by atoms with E-state index in [0.717, 1.165) is 0 Å². The summed E-state index contributed by atoms with van der Waals surface area (Å²) in [5, 5.41) is 0. The molecule has 1 nitrogen and oxygen atoms in total. The van der Waals surface area contributed by atoms with Crippen molar-refractivity contribution in [2.24, 2.45) is 5.73 Å². The third-order valence-electron chi connectivity index (χ3n) is 4.02. The van der Waals surface area contributed by atoms with Crippen LogP contribution in [0.5, 0.6) is 0 Å². The lowest BCUT2D eigenvalue weighted by molar-refractivity contribution is 0.320. The summed E-state index contributed by atoms with van der Waals surface area (Å²) in [4.78, 5) is 0. The second-order valence-electron chi connectivity index (χ2n) is 6.09. The molecule has 0 saturated carbocycles. The number of rotatable bonds is 13. The molecule has 1 heteroatoms. The molecule has 0 fully saturated rings. The number of hydrogen-bond donors (Lipinski definition) is 1. The van der Waals surface area contributed by atoms with Gasteiger partial charge in [0.1, 0.15) is 0 Å². The molecule has 0 atom stereocenters. The third-order valence-corrected chi connectivity index (χ3v) is 4.02. The zero-order valence-corrected chi connectivity index (χ0v) is 13.3. The molecular formula is C17H37N. The molecule has 0 aromatic carbocycles. The maximum Gasteiger partial charge on any atom is 0.0154 e. The molecule has 0 aliphatic heterocycles. The summed E-state index contributed by atoms with van der Waals surface area (Å²) in [6, 6.07) is 0. The van der Waals surface area contributed by atoms with Gasteiger partial charge in [-0.3, -0.25) is 0 Å². The van der Waals surface area contributed by atoms with E-state index in [1.165, 1.54) is 83.5 Å². The normalized spacial score (nSPS) is 12.0. The molecule has 0 saturated heterocycles. The first-order valence-electron chi connectivity index (χ1n) is 8.47. The van der Waals surface area contributed by atoms with E-state index >= 15 is 0 Å². The molecule has 0 unspecified atom stereocenters. The van der Waals surface area contributed by atoms with Gasteiger partial charge in [0.15, 0.2) is 0 Å². The Morgan fingerprint density at radius 1 is 0.556 bits per heavy atom. The quantitative estimate of drug-likeness (QED) is 0.413. The summed E-state index contributed by atoms with van der Waals surface area (Å²) in [6.45, 7) is 6.79. The maximum absolute atomic E-state index is 6.50. The van der Waals surface area contributed by atoms with Gasteiger partial charge in [-0.15, -0.1) is 0 Å². The van der Waals surface area contributed by atoms with Crippen molar-refractivity contribution in [1.29, 1.82) is 0 Å². The molecule has 110 valence electrons. The Morgan fingerprint density at radius 2 is 1.00 bits per heavy atom. The third kappa shape index (κ3) is 9.94. The molecule has 0 aromatic rings. The molecule has 0 bridgehead atoms. The fourth-order valence-electron chi connectivity index (χ4n) is 2.98. The molecule has 0 aliphatic carbocycles. The van der Waals surface area contributed by atoms with Gasteiger partial charge in [0.2, 0.25) is 0 Å². The van der Waals surface area contributed by atoms with Crippen LogP contribution < -0.4 is 5.73 Å². The van der Waals surface area contributed by atoms with Gasteiger partial charge in [-0.1, -0.05) is 85.0 Å². The Kier molecular flexibility index (Phi) is 12.0. The monoisotopic (exact) mass is 255 g/mol. The van der Waals surface area contributed by atoms with Gasteiger partial charge in [0.05, 0.1) is 0 Å². The summed E-state index contributed by atoms with van der Waals surface area (Å²) in [6.07, 6.45) is 17.3. The summed E-state index contributed by atoms with van der Waals surface area (Å²) in [5.74, 6) is 0. The predicted octanol–water partition coefficient (Wildman–Crippen LogP) is 5.81. The first-order chi connectivity index (χ1) is 8.68. The van der Waals surface area contributed by atoms with Crippen LogP contribution in [0.4, 0.5) is 0 Å². The highest BCUT2D eigenvalue weighted by atomic mass is 14.7. The van der Waals surface area contributed by atoms with Crippen LogP contribution in [0.15, 0.2) is 0 Å². The largest absolute Gasteiger partial charge is 0.325 e. The topological polar surface area (TPSA) is 26.0 Å². The Bertz CT molecular complexity index is 159. The van der Waals surface area contributed by atoms with Gasteiger partial charge < -0.3 is 5.73 Å². The standard InChI is InChI=1S/C17H37N/c1-4-7-8-9-10-11-12-13-16-17(18,14-5-2)15-6-3/h4-16,18H2,1-3H3. The van der Waals surface area contributed by atoms with E-state index in [-0.39, 0.29) is 5.54 Å². The lowest BCUT2D eigenvalue weighted by atomic mass is 9.84. The highest BCUT2D eigenvalue weighted by Gasteiger charge is 2.21. The zero-order valence-electron chi connectivity index (χ0n) is 13.3. The van der Waals surface area contributed by atoms with Crippen molar-refractivity contribution in [3.05, 3.63) is 0 Å². The second-order valence-corrected chi connectivity index (χ2v) is 6.09. The lowest BCUT2D eigenvalue weighted by Gasteiger charge is -2.29. The SMILES string of the molecule is CCCCCCCCCCC(N)(CCC)CCC. The molecule has 0 heterocycles. The Morgan fingerprint density at radius 3 is 1.44 bits per heavy atom. The fraction of sp³-hybridized carbons (Fsp3) is 1.00. The van der Waals surface area contributed by atoms with Crippen LogP contribution >= 0.6 is 0 Å². The van der Waals surface area contributed by atoms with Crippen molar-refractivity contribution in [1.82, 2.24) is 0 Å². The predicted molar refractivity (Wildman–Crippen MR) is 84.0 cm³/mol. The van der Waals surface area contributed by atoms with Gasteiger partial charge in [0, 0.05) is 5.54 Å². The zero-order chi connectivity index (χ0) is 13.7. The van der Waals surface area contributed by atoms with Crippen LogP contribution in [0.25, 0.3) is 0 Å².